The van der Waals surface area contributed by atoms with Crippen LogP contribution in [0.1, 0.15) is 35.2 Å². The van der Waals surface area contributed by atoms with Gasteiger partial charge in [0.1, 0.15) is 0 Å². The molecule has 6 nitrogen and oxygen atoms in total. The Morgan fingerprint density at radius 1 is 1.03 bits per heavy atom. The number of hydrogen-bond donors (Lipinski definition) is 2. The summed E-state index contributed by atoms with van der Waals surface area (Å²) < 4.78 is 0. The van der Waals surface area contributed by atoms with Gasteiger partial charge in [0.2, 0.25) is 0 Å². The third-order valence-corrected chi connectivity index (χ3v) is 7.03. The number of nitrogens with zero attached hydrogens (tertiary/aromatic N) is 3. The average Bonchev–Trinajstić information content (AvgIpc) is 3.00. The van der Waals surface area contributed by atoms with Crippen LogP contribution in [0.15, 0.2) is 42.1 Å². The molecule has 32 heavy (non-hydrogen) atoms. The highest BCUT2D eigenvalue weighted by Crippen LogP contribution is 2.38. The molecule has 168 valence electrons. The number of aryl methyl sites for hydroxylation is 2. The highest BCUT2D eigenvalue weighted by Gasteiger charge is 2.26. The van der Waals surface area contributed by atoms with E-state index in [1.807, 2.05) is 23.2 Å². The van der Waals surface area contributed by atoms with Crippen LogP contribution >= 0.6 is 11.6 Å². The molecule has 0 atom stereocenters. The lowest BCUT2D eigenvalue weighted by Gasteiger charge is -2.32. The minimum absolute atomic E-state index is 0.0409. The molecule has 0 saturated carbocycles. The number of pyridine rings is 1. The summed E-state index contributed by atoms with van der Waals surface area (Å²) in [7, 11) is 0. The first kappa shape index (κ1) is 21.4. The predicted molar refractivity (Wildman–Crippen MR) is 128 cm³/mol. The zero-order chi connectivity index (χ0) is 21.9. The quantitative estimate of drug-likeness (QED) is 0.735. The third kappa shape index (κ3) is 4.53. The summed E-state index contributed by atoms with van der Waals surface area (Å²) in [5.74, 6) is 0. The number of nitrogens with one attached hydrogen (secondary N) is 2. The Balaban J connectivity index is 1.35. The molecule has 0 unspecified atom stereocenters. The van der Waals surface area contributed by atoms with Crippen molar-refractivity contribution in [1.82, 2.24) is 25.4 Å². The molecule has 2 aromatic rings. The number of likely N-dealkylation sites (tertiary alicyclic amines) is 1. The van der Waals surface area contributed by atoms with Crippen LogP contribution in [0.4, 0.5) is 4.79 Å². The van der Waals surface area contributed by atoms with Gasteiger partial charge in [-0.3, -0.25) is 9.88 Å². The summed E-state index contributed by atoms with van der Waals surface area (Å²) in [6.45, 7) is 6.02. The molecule has 1 aromatic heterocycles. The lowest BCUT2D eigenvalue weighted by molar-refractivity contribution is 0.175. The monoisotopic (exact) mass is 451 g/mol. The van der Waals surface area contributed by atoms with E-state index >= 15 is 0 Å². The number of piperidine rings is 1. The molecule has 2 N–H and O–H groups in total. The Bertz CT molecular complexity index is 1020. The first-order valence-electron chi connectivity index (χ1n) is 11.6. The first-order valence-corrected chi connectivity index (χ1v) is 12.0. The average molecular weight is 452 g/mol. The van der Waals surface area contributed by atoms with E-state index in [1.54, 1.807) is 0 Å². The molecule has 2 fully saturated rings. The van der Waals surface area contributed by atoms with Crippen LogP contribution in [-0.4, -0.2) is 66.8 Å². The zero-order valence-electron chi connectivity index (χ0n) is 18.4. The summed E-state index contributed by atoms with van der Waals surface area (Å²) in [5.41, 5.74) is 7.57. The lowest BCUT2D eigenvalue weighted by Crippen LogP contribution is -2.51. The van der Waals surface area contributed by atoms with Crippen molar-refractivity contribution in [2.75, 3.05) is 45.9 Å². The molecule has 1 aliphatic carbocycles. The number of amides is 2. The normalized spacial score (nSPS) is 19.2. The van der Waals surface area contributed by atoms with E-state index in [4.69, 9.17) is 16.6 Å². The number of halogens is 1. The number of fused-ring (bicyclic) bond motifs is 2. The Kier molecular flexibility index (Phi) is 6.44. The minimum Gasteiger partial charge on any atom is -0.325 e. The Labute approximate surface area is 194 Å². The zero-order valence-corrected chi connectivity index (χ0v) is 19.1. The van der Waals surface area contributed by atoms with Crippen molar-refractivity contribution in [3.05, 3.63) is 69.5 Å². The van der Waals surface area contributed by atoms with E-state index in [1.165, 1.54) is 27.8 Å². The van der Waals surface area contributed by atoms with Crippen LogP contribution < -0.4 is 10.6 Å². The maximum atomic E-state index is 12.7. The largest absolute Gasteiger partial charge is 0.325 e. The fourth-order valence-corrected chi connectivity index (χ4v) is 5.22. The number of rotatable bonds is 2. The fraction of sp³-hybridized carbons (Fsp3) is 0.440. The number of urea groups is 1. The minimum atomic E-state index is 0.0409. The van der Waals surface area contributed by atoms with Crippen molar-refractivity contribution < 1.29 is 4.79 Å². The van der Waals surface area contributed by atoms with Crippen LogP contribution in [0.2, 0.25) is 5.02 Å². The molecule has 3 aliphatic rings. The van der Waals surface area contributed by atoms with Gasteiger partial charge in [-0.1, -0.05) is 29.3 Å². The number of piperazine rings is 1. The van der Waals surface area contributed by atoms with Crippen molar-refractivity contribution in [3.63, 3.8) is 0 Å². The summed E-state index contributed by atoms with van der Waals surface area (Å²) in [4.78, 5) is 21.8. The highest BCUT2D eigenvalue weighted by molar-refractivity contribution is 6.30. The SMILES string of the molecule is O=C(NCN1CCNCC1)N1CCC(=C2c3ccc(Cl)cc3CCc3cccnc32)CC1. The maximum absolute atomic E-state index is 12.7. The molecule has 2 aliphatic heterocycles. The number of benzene rings is 1. The van der Waals surface area contributed by atoms with Gasteiger partial charge in [0, 0.05) is 56.1 Å². The van der Waals surface area contributed by atoms with Gasteiger partial charge < -0.3 is 15.5 Å². The Morgan fingerprint density at radius 2 is 1.81 bits per heavy atom. The van der Waals surface area contributed by atoms with Gasteiger partial charge in [-0.2, -0.15) is 0 Å². The Hall–Kier alpha value is -2.41. The second kappa shape index (κ2) is 9.61. The summed E-state index contributed by atoms with van der Waals surface area (Å²) in [5, 5.41) is 7.23. The standard InChI is InChI=1S/C25H30ClN5O/c26-21-5-6-22-20(16-21)4-3-19-2-1-9-28-24(19)23(22)18-7-12-31(13-8-18)25(32)29-17-30-14-10-27-11-15-30/h1-2,5-6,9,16,27H,3-4,7-8,10-15,17H2,(H,29,32). The van der Waals surface area contributed by atoms with Crippen LogP contribution in [0.5, 0.6) is 0 Å². The first-order chi connectivity index (χ1) is 15.7. The summed E-state index contributed by atoms with van der Waals surface area (Å²) in [6.07, 6.45) is 5.56. The van der Waals surface area contributed by atoms with Crippen molar-refractivity contribution in [2.45, 2.75) is 25.7 Å². The number of carbonyl (C=O) groups excluding carboxylic acids is 1. The molecule has 2 saturated heterocycles. The molecule has 5 rings (SSSR count). The molecule has 2 amide bonds. The number of carbonyl (C=O) groups is 1. The van der Waals surface area contributed by atoms with Gasteiger partial charge >= 0.3 is 6.03 Å². The molecule has 3 heterocycles. The fourth-order valence-electron chi connectivity index (χ4n) is 5.02. The van der Waals surface area contributed by atoms with Crippen LogP contribution in [-0.2, 0) is 12.8 Å². The number of aromatic nitrogens is 1. The highest BCUT2D eigenvalue weighted by atomic mass is 35.5. The van der Waals surface area contributed by atoms with Gasteiger partial charge in [-0.25, -0.2) is 4.79 Å². The van der Waals surface area contributed by atoms with E-state index in [0.717, 1.165) is 75.7 Å². The van der Waals surface area contributed by atoms with E-state index in [-0.39, 0.29) is 6.03 Å². The molecular weight excluding hydrogens is 422 g/mol. The Morgan fingerprint density at radius 3 is 2.62 bits per heavy atom. The van der Waals surface area contributed by atoms with Gasteiger partial charge in [-0.05, 0) is 60.6 Å². The van der Waals surface area contributed by atoms with E-state index in [2.05, 4.69) is 33.7 Å². The predicted octanol–water partition coefficient (Wildman–Crippen LogP) is 3.30. The van der Waals surface area contributed by atoms with Gasteiger partial charge in [0.25, 0.3) is 0 Å². The molecule has 0 spiro atoms. The second-order valence-electron chi connectivity index (χ2n) is 8.79. The van der Waals surface area contributed by atoms with Gasteiger partial charge in [0.05, 0.1) is 12.4 Å². The van der Waals surface area contributed by atoms with E-state index < -0.39 is 0 Å². The van der Waals surface area contributed by atoms with Crippen LogP contribution in [0.25, 0.3) is 5.57 Å². The van der Waals surface area contributed by atoms with Crippen molar-refractivity contribution in [3.8, 4) is 0 Å². The smallest absolute Gasteiger partial charge is 0.318 e. The summed E-state index contributed by atoms with van der Waals surface area (Å²) >= 11 is 6.32. The third-order valence-electron chi connectivity index (χ3n) is 6.80. The van der Waals surface area contributed by atoms with Crippen molar-refractivity contribution >= 4 is 23.2 Å². The van der Waals surface area contributed by atoms with Crippen LogP contribution in [0, 0.1) is 0 Å². The molecule has 7 heteroatoms. The second-order valence-corrected chi connectivity index (χ2v) is 9.22. The number of hydrogen-bond acceptors (Lipinski definition) is 4. The molecule has 0 radical (unpaired) electrons. The lowest BCUT2D eigenvalue weighted by atomic mass is 9.88. The van der Waals surface area contributed by atoms with Gasteiger partial charge in [0.15, 0.2) is 0 Å². The van der Waals surface area contributed by atoms with Gasteiger partial charge in [-0.15, -0.1) is 0 Å². The van der Waals surface area contributed by atoms with E-state index in [9.17, 15) is 4.79 Å². The van der Waals surface area contributed by atoms with Crippen molar-refractivity contribution in [1.29, 1.82) is 0 Å². The van der Waals surface area contributed by atoms with Crippen LogP contribution in [0.3, 0.4) is 0 Å². The molecular formula is C25H30ClN5O. The maximum Gasteiger partial charge on any atom is 0.318 e. The topological polar surface area (TPSA) is 60.5 Å². The van der Waals surface area contributed by atoms with Crippen molar-refractivity contribution in [2.24, 2.45) is 0 Å². The molecule has 0 bridgehead atoms. The summed E-state index contributed by atoms with van der Waals surface area (Å²) in [6, 6.07) is 10.5. The molecule has 1 aromatic carbocycles. The van der Waals surface area contributed by atoms with E-state index in [0.29, 0.717) is 6.67 Å².